The minimum Gasteiger partial charge on any atom is -0.497 e. The number of hydrogen-bond donors (Lipinski definition) is 1. The number of benzene rings is 2. The maximum atomic E-state index is 5.21. The van der Waals surface area contributed by atoms with Crippen LogP contribution in [0, 0.1) is 0 Å². The molecule has 1 aliphatic heterocycles. The number of methoxy groups -OCH3 is 1. The molecule has 0 atom stereocenters. The Morgan fingerprint density at radius 3 is 2.67 bits per heavy atom. The normalized spacial score (nSPS) is 14.1. The SMILES string of the molecule is COc1ccc(-c2cccc3c2CNCC3)cc1. The standard InChI is InChI=1S/C16H17NO/c1-18-14-7-5-13(6-8-14)15-4-2-3-12-9-10-17-11-16(12)15/h2-8,17H,9-11H2,1H3. The molecule has 0 saturated carbocycles. The smallest absolute Gasteiger partial charge is 0.118 e. The topological polar surface area (TPSA) is 21.3 Å². The zero-order chi connectivity index (χ0) is 12.4. The number of ether oxygens (including phenoxy) is 1. The van der Waals surface area contributed by atoms with E-state index in [4.69, 9.17) is 4.74 Å². The van der Waals surface area contributed by atoms with Gasteiger partial charge in [0.2, 0.25) is 0 Å². The second-order valence-corrected chi connectivity index (χ2v) is 4.60. The van der Waals surface area contributed by atoms with Gasteiger partial charge in [0.1, 0.15) is 5.75 Å². The van der Waals surface area contributed by atoms with E-state index in [1.165, 1.54) is 22.3 Å². The summed E-state index contributed by atoms with van der Waals surface area (Å²) < 4.78 is 5.21. The molecule has 0 amide bonds. The molecule has 1 N–H and O–H groups in total. The molecule has 92 valence electrons. The molecule has 0 aromatic heterocycles. The van der Waals surface area contributed by atoms with E-state index in [2.05, 4.69) is 35.6 Å². The van der Waals surface area contributed by atoms with E-state index in [0.29, 0.717) is 0 Å². The molecule has 0 bridgehead atoms. The molecule has 1 heterocycles. The summed E-state index contributed by atoms with van der Waals surface area (Å²) in [7, 11) is 1.70. The predicted octanol–water partition coefficient (Wildman–Crippen LogP) is 3.01. The van der Waals surface area contributed by atoms with Crippen LogP contribution in [0.2, 0.25) is 0 Å². The van der Waals surface area contributed by atoms with E-state index < -0.39 is 0 Å². The molecule has 2 aromatic carbocycles. The Bertz CT molecular complexity index is 546. The van der Waals surface area contributed by atoms with Gasteiger partial charge < -0.3 is 10.1 Å². The quantitative estimate of drug-likeness (QED) is 0.869. The Labute approximate surface area is 108 Å². The van der Waals surface area contributed by atoms with Gasteiger partial charge in [-0.15, -0.1) is 0 Å². The summed E-state index contributed by atoms with van der Waals surface area (Å²) in [6.45, 7) is 2.05. The first kappa shape index (κ1) is 11.3. The summed E-state index contributed by atoms with van der Waals surface area (Å²) in [6, 6.07) is 14.9. The number of nitrogens with one attached hydrogen (secondary N) is 1. The minimum absolute atomic E-state index is 0.904. The van der Waals surface area contributed by atoms with Gasteiger partial charge in [-0.3, -0.25) is 0 Å². The number of hydrogen-bond acceptors (Lipinski definition) is 2. The molecule has 0 spiro atoms. The van der Waals surface area contributed by atoms with Crippen molar-refractivity contribution in [2.45, 2.75) is 13.0 Å². The lowest BCUT2D eigenvalue weighted by atomic mass is 9.92. The van der Waals surface area contributed by atoms with Gasteiger partial charge in [0.25, 0.3) is 0 Å². The van der Waals surface area contributed by atoms with Crippen molar-refractivity contribution >= 4 is 0 Å². The van der Waals surface area contributed by atoms with Crippen LogP contribution in [0.1, 0.15) is 11.1 Å². The van der Waals surface area contributed by atoms with Crippen molar-refractivity contribution in [2.75, 3.05) is 13.7 Å². The third kappa shape index (κ3) is 2.00. The first-order valence-corrected chi connectivity index (χ1v) is 6.34. The fraction of sp³-hybridized carbons (Fsp3) is 0.250. The molecule has 2 nitrogen and oxygen atoms in total. The summed E-state index contributed by atoms with van der Waals surface area (Å²) in [4.78, 5) is 0. The fourth-order valence-corrected chi connectivity index (χ4v) is 2.56. The number of fused-ring (bicyclic) bond motifs is 1. The highest BCUT2D eigenvalue weighted by molar-refractivity contribution is 5.69. The van der Waals surface area contributed by atoms with Crippen LogP contribution < -0.4 is 10.1 Å². The van der Waals surface area contributed by atoms with Gasteiger partial charge in [0.05, 0.1) is 7.11 Å². The van der Waals surface area contributed by atoms with Crippen LogP contribution >= 0.6 is 0 Å². The third-order valence-electron chi connectivity index (χ3n) is 3.55. The van der Waals surface area contributed by atoms with E-state index in [9.17, 15) is 0 Å². The molecule has 0 saturated heterocycles. The van der Waals surface area contributed by atoms with Crippen molar-refractivity contribution in [3.63, 3.8) is 0 Å². The Balaban J connectivity index is 2.05. The zero-order valence-electron chi connectivity index (χ0n) is 10.6. The lowest BCUT2D eigenvalue weighted by Gasteiger charge is -2.20. The lowest BCUT2D eigenvalue weighted by Crippen LogP contribution is -2.24. The number of rotatable bonds is 2. The van der Waals surface area contributed by atoms with Gasteiger partial charge in [-0.05, 0) is 47.4 Å². The minimum atomic E-state index is 0.904. The first-order chi connectivity index (χ1) is 8.88. The lowest BCUT2D eigenvalue weighted by molar-refractivity contribution is 0.415. The Morgan fingerprint density at radius 1 is 1.06 bits per heavy atom. The molecule has 0 unspecified atom stereocenters. The molecular formula is C16H17NO. The van der Waals surface area contributed by atoms with Crippen LogP contribution in [0.15, 0.2) is 42.5 Å². The van der Waals surface area contributed by atoms with Crippen LogP contribution in [0.5, 0.6) is 5.75 Å². The molecule has 0 fully saturated rings. The highest BCUT2D eigenvalue weighted by Crippen LogP contribution is 2.29. The van der Waals surface area contributed by atoms with E-state index in [0.717, 1.165) is 25.3 Å². The van der Waals surface area contributed by atoms with Gasteiger partial charge in [0.15, 0.2) is 0 Å². The van der Waals surface area contributed by atoms with Crippen LogP contribution in [0.25, 0.3) is 11.1 Å². The van der Waals surface area contributed by atoms with Gasteiger partial charge in [-0.1, -0.05) is 30.3 Å². The van der Waals surface area contributed by atoms with Crippen molar-refractivity contribution in [2.24, 2.45) is 0 Å². The maximum Gasteiger partial charge on any atom is 0.118 e. The molecule has 0 radical (unpaired) electrons. The third-order valence-corrected chi connectivity index (χ3v) is 3.55. The van der Waals surface area contributed by atoms with Gasteiger partial charge in [-0.2, -0.15) is 0 Å². The second-order valence-electron chi connectivity index (χ2n) is 4.60. The molecule has 2 aromatic rings. The molecule has 18 heavy (non-hydrogen) atoms. The average molecular weight is 239 g/mol. The van der Waals surface area contributed by atoms with Gasteiger partial charge in [-0.25, -0.2) is 0 Å². The highest BCUT2D eigenvalue weighted by Gasteiger charge is 2.13. The van der Waals surface area contributed by atoms with E-state index in [1.54, 1.807) is 7.11 Å². The fourth-order valence-electron chi connectivity index (χ4n) is 2.56. The van der Waals surface area contributed by atoms with Crippen LogP contribution in [-0.2, 0) is 13.0 Å². The Kier molecular flexibility index (Phi) is 3.03. The largest absolute Gasteiger partial charge is 0.497 e. The summed E-state index contributed by atoms with van der Waals surface area (Å²) in [5, 5.41) is 3.45. The van der Waals surface area contributed by atoms with Crippen LogP contribution in [-0.4, -0.2) is 13.7 Å². The summed E-state index contributed by atoms with van der Waals surface area (Å²) in [5.74, 6) is 0.904. The van der Waals surface area contributed by atoms with Gasteiger partial charge in [0, 0.05) is 6.54 Å². The van der Waals surface area contributed by atoms with Crippen molar-refractivity contribution in [1.82, 2.24) is 5.32 Å². The highest BCUT2D eigenvalue weighted by atomic mass is 16.5. The second kappa shape index (κ2) is 4.83. The van der Waals surface area contributed by atoms with Gasteiger partial charge >= 0.3 is 0 Å². The molecule has 0 aliphatic carbocycles. The molecule has 3 rings (SSSR count). The van der Waals surface area contributed by atoms with Crippen molar-refractivity contribution in [3.8, 4) is 16.9 Å². The molecular weight excluding hydrogens is 222 g/mol. The first-order valence-electron chi connectivity index (χ1n) is 6.34. The van der Waals surface area contributed by atoms with Crippen molar-refractivity contribution < 1.29 is 4.74 Å². The van der Waals surface area contributed by atoms with E-state index in [-0.39, 0.29) is 0 Å². The van der Waals surface area contributed by atoms with Crippen molar-refractivity contribution in [1.29, 1.82) is 0 Å². The van der Waals surface area contributed by atoms with E-state index in [1.807, 2.05) is 12.1 Å². The molecule has 1 aliphatic rings. The summed E-state index contributed by atoms with van der Waals surface area (Å²) in [6.07, 6.45) is 1.12. The predicted molar refractivity (Wildman–Crippen MR) is 73.8 cm³/mol. The maximum absolute atomic E-state index is 5.21. The van der Waals surface area contributed by atoms with Crippen LogP contribution in [0.3, 0.4) is 0 Å². The van der Waals surface area contributed by atoms with Crippen LogP contribution in [0.4, 0.5) is 0 Å². The molecule has 2 heteroatoms. The zero-order valence-corrected chi connectivity index (χ0v) is 10.6. The monoisotopic (exact) mass is 239 g/mol. The summed E-state index contributed by atoms with van der Waals surface area (Å²) >= 11 is 0. The summed E-state index contributed by atoms with van der Waals surface area (Å²) in [5.41, 5.74) is 5.51. The Morgan fingerprint density at radius 2 is 1.89 bits per heavy atom. The average Bonchev–Trinajstić information content (AvgIpc) is 2.47. The Hall–Kier alpha value is -1.80. The van der Waals surface area contributed by atoms with E-state index >= 15 is 0 Å². The van der Waals surface area contributed by atoms with Crippen molar-refractivity contribution in [3.05, 3.63) is 53.6 Å².